The Hall–Kier alpha value is -3.65. The van der Waals surface area contributed by atoms with Crippen LogP contribution < -0.4 is 14.4 Å². The quantitative estimate of drug-likeness (QED) is 0.435. The molecule has 0 atom stereocenters. The third-order valence-corrected chi connectivity index (χ3v) is 6.84. The van der Waals surface area contributed by atoms with Crippen molar-refractivity contribution in [2.24, 2.45) is 0 Å². The summed E-state index contributed by atoms with van der Waals surface area (Å²) in [5.74, 6) is -0.388. The number of aryl methyl sites for hydroxylation is 1. The van der Waals surface area contributed by atoms with Crippen molar-refractivity contribution in [3.05, 3.63) is 89.0 Å². The van der Waals surface area contributed by atoms with E-state index in [1.54, 1.807) is 54.6 Å². The summed E-state index contributed by atoms with van der Waals surface area (Å²) in [4.78, 5) is 25.9. The summed E-state index contributed by atoms with van der Waals surface area (Å²) >= 11 is 0. The molecule has 0 aromatic heterocycles. The van der Waals surface area contributed by atoms with Crippen LogP contribution in [0.15, 0.2) is 66.7 Å². The first kappa shape index (κ1) is 26.9. The monoisotopic (exact) mass is 508 g/mol. The van der Waals surface area contributed by atoms with Gasteiger partial charge in [-0.2, -0.15) is 0 Å². The second kappa shape index (κ2) is 10.5. The van der Waals surface area contributed by atoms with Crippen molar-refractivity contribution in [2.45, 2.75) is 33.1 Å². The molecule has 0 aliphatic rings. The number of sulfonamides is 1. The Morgan fingerprint density at radius 3 is 2.19 bits per heavy atom. The van der Waals surface area contributed by atoms with Crippen molar-refractivity contribution in [2.75, 3.05) is 29.5 Å². The summed E-state index contributed by atoms with van der Waals surface area (Å²) in [5.41, 5.74) is 3.55. The predicted octanol–water partition coefficient (Wildman–Crippen LogP) is 4.94. The molecule has 0 heterocycles. The van der Waals surface area contributed by atoms with Gasteiger partial charge in [-0.3, -0.25) is 13.9 Å². The van der Waals surface area contributed by atoms with Gasteiger partial charge in [-0.1, -0.05) is 63.2 Å². The summed E-state index contributed by atoms with van der Waals surface area (Å²) in [5, 5.41) is 2.70. The highest BCUT2D eigenvalue weighted by atomic mass is 32.2. The molecule has 0 saturated heterocycles. The SMILES string of the molecule is COc1ccc(C)cc1N(CC(=O)Nc1cccc(C(=O)c2ccc(C(C)(C)C)cc2)c1)S(C)(=O)=O. The van der Waals surface area contributed by atoms with E-state index in [2.05, 4.69) is 26.1 Å². The first-order valence-electron chi connectivity index (χ1n) is 11.5. The van der Waals surface area contributed by atoms with Gasteiger partial charge >= 0.3 is 0 Å². The highest BCUT2D eigenvalue weighted by molar-refractivity contribution is 7.92. The maximum atomic E-state index is 13.0. The van der Waals surface area contributed by atoms with Crippen molar-refractivity contribution in [1.82, 2.24) is 0 Å². The Kier molecular flexibility index (Phi) is 7.89. The molecule has 0 unspecified atom stereocenters. The van der Waals surface area contributed by atoms with E-state index in [-0.39, 0.29) is 16.9 Å². The molecule has 0 spiro atoms. The number of amides is 1. The Morgan fingerprint density at radius 2 is 1.61 bits per heavy atom. The molecule has 1 N–H and O–H groups in total. The van der Waals surface area contributed by atoms with E-state index in [0.717, 1.165) is 21.7 Å². The number of anilines is 2. The third kappa shape index (κ3) is 6.51. The normalized spacial score (nSPS) is 11.6. The van der Waals surface area contributed by atoms with E-state index in [0.29, 0.717) is 22.6 Å². The number of ketones is 1. The standard InChI is InChI=1S/C28H32N2O5S/c1-19-10-15-25(35-5)24(16-19)30(36(6,33)34)18-26(31)29-23-9-7-8-21(17-23)27(32)20-11-13-22(14-12-20)28(2,3)4/h7-17H,18H2,1-6H3,(H,29,31). The van der Waals surface area contributed by atoms with Gasteiger partial charge in [0, 0.05) is 16.8 Å². The van der Waals surface area contributed by atoms with Crippen LogP contribution in [-0.2, 0) is 20.2 Å². The molecule has 0 radical (unpaired) electrons. The molecule has 1 amide bonds. The molecule has 0 saturated carbocycles. The minimum atomic E-state index is -3.79. The number of nitrogens with zero attached hydrogens (tertiary/aromatic N) is 1. The maximum absolute atomic E-state index is 13.0. The zero-order valence-corrected chi connectivity index (χ0v) is 22.3. The largest absolute Gasteiger partial charge is 0.495 e. The van der Waals surface area contributed by atoms with Crippen LogP contribution in [0.4, 0.5) is 11.4 Å². The molecule has 0 aliphatic heterocycles. The smallest absolute Gasteiger partial charge is 0.245 e. The van der Waals surface area contributed by atoms with Crippen LogP contribution in [0.5, 0.6) is 5.75 Å². The Labute approximate surface area is 213 Å². The molecular weight excluding hydrogens is 476 g/mol. The average molecular weight is 509 g/mol. The third-order valence-electron chi connectivity index (χ3n) is 5.71. The Morgan fingerprint density at radius 1 is 0.944 bits per heavy atom. The summed E-state index contributed by atoms with van der Waals surface area (Å²) in [6.45, 7) is 7.69. The van der Waals surface area contributed by atoms with Crippen molar-refractivity contribution < 1.29 is 22.7 Å². The van der Waals surface area contributed by atoms with Gasteiger partial charge in [0.15, 0.2) is 5.78 Å². The minimum absolute atomic E-state index is 0.0197. The van der Waals surface area contributed by atoms with Crippen LogP contribution in [0.2, 0.25) is 0 Å². The number of rotatable bonds is 8. The van der Waals surface area contributed by atoms with Crippen molar-refractivity contribution in [3.63, 3.8) is 0 Å². The number of hydrogen-bond acceptors (Lipinski definition) is 5. The molecule has 3 rings (SSSR count). The van der Waals surface area contributed by atoms with Gasteiger partial charge in [-0.15, -0.1) is 0 Å². The lowest BCUT2D eigenvalue weighted by atomic mass is 9.86. The fraction of sp³-hybridized carbons (Fsp3) is 0.286. The van der Waals surface area contributed by atoms with Crippen molar-refractivity contribution >= 4 is 33.1 Å². The molecule has 36 heavy (non-hydrogen) atoms. The van der Waals surface area contributed by atoms with Crippen LogP contribution in [0.25, 0.3) is 0 Å². The first-order valence-corrected chi connectivity index (χ1v) is 13.3. The Balaban J connectivity index is 1.80. The van der Waals surface area contributed by atoms with E-state index in [4.69, 9.17) is 4.74 Å². The summed E-state index contributed by atoms with van der Waals surface area (Å²) in [6, 6.07) is 19.2. The van der Waals surface area contributed by atoms with Crippen LogP contribution in [0, 0.1) is 6.92 Å². The second-order valence-electron chi connectivity index (χ2n) is 9.73. The van der Waals surface area contributed by atoms with Crippen LogP contribution in [0.3, 0.4) is 0 Å². The molecule has 190 valence electrons. The van der Waals surface area contributed by atoms with Crippen LogP contribution in [0.1, 0.15) is 47.8 Å². The molecule has 8 heteroatoms. The van der Waals surface area contributed by atoms with E-state index >= 15 is 0 Å². The van der Waals surface area contributed by atoms with Gasteiger partial charge in [0.1, 0.15) is 12.3 Å². The lowest BCUT2D eigenvalue weighted by Gasteiger charge is -2.24. The number of carbonyl (C=O) groups excluding carboxylic acids is 2. The van der Waals surface area contributed by atoms with Crippen molar-refractivity contribution in [1.29, 1.82) is 0 Å². The molecule has 7 nitrogen and oxygen atoms in total. The zero-order valence-electron chi connectivity index (χ0n) is 21.5. The number of methoxy groups -OCH3 is 1. The van der Waals surface area contributed by atoms with Gasteiger partial charge in [0.05, 0.1) is 19.1 Å². The lowest BCUT2D eigenvalue weighted by molar-refractivity contribution is -0.114. The molecule has 0 fully saturated rings. The van der Waals surface area contributed by atoms with Crippen LogP contribution >= 0.6 is 0 Å². The fourth-order valence-electron chi connectivity index (χ4n) is 3.73. The van der Waals surface area contributed by atoms with Gasteiger partial charge < -0.3 is 10.1 Å². The number of benzene rings is 3. The first-order chi connectivity index (χ1) is 16.8. The molecule has 3 aromatic rings. The summed E-state index contributed by atoms with van der Waals surface area (Å²) in [7, 11) is -2.35. The van der Waals surface area contributed by atoms with Crippen molar-refractivity contribution in [3.8, 4) is 5.75 Å². The highest BCUT2D eigenvalue weighted by Gasteiger charge is 2.24. The molecule has 0 bridgehead atoms. The van der Waals surface area contributed by atoms with E-state index < -0.39 is 22.5 Å². The fourth-order valence-corrected chi connectivity index (χ4v) is 4.59. The minimum Gasteiger partial charge on any atom is -0.495 e. The maximum Gasteiger partial charge on any atom is 0.245 e. The average Bonchev–Trinajstić information content (AvgIpc) is 2.81. The summed E-state index contributed by atoms with van der Waals surface area (Å²) < 4.78 is 31.4. The van der Waals surface area contributed by atoms with Gasteiger partial charge in [-0.05, 0) is 47.7 Å². The predicted molar refractivity (Wildman–Crippen MR) is 144 cm³/mol. The van der Waals surface area contributed by atoms with E-state index in [9.17, 15) is 18.0 Å². The van der Waals surface area contributed by atoms with Crippen LogP contribution in [-0.4, -0.2) is 40.0 Å². The number of nitrogens with one attached hydrogen (secondary N) is 1. The number of hydrogen-bond donors (Lipinski definition) is 1. The van der Waals surface area contributed by atoms with Gasteiger partial charge in [-0.25, -0.2) is 8.42 Å². The van der Waals surface area contributed by atoms with E-state index in [1.165, 1.54) is 7.11 Å². The zero-order chi connectivity index (χ0) is 26.7. The molecule has 0 aliphatic carbocycles. The molecular formula is C28H32N2O5S. The summed E-state index contributed by atoms with van der Waals surface area (Å²) in [6.07, 6.45) is 1.03. The second-order valence-corrected chi connectivity index (χ2v) is 11.6. The van der Waals surface area contributed by atoms with Gasteiger partial charge in [0.25, 0.3) is 0 Å². The number of carbonyl (C=O) groups is 2. The topological polar surface area (TPSA) is 92.8 Å². The molecule has 3 aromatic carbocycles. The van der Waals surface area contributed by atoms with E-state index in [1.807, 2.05) is 19.1 Å². The highest BCUT2D eigenvalue weighted by Crippen LogP contribution is 2.31. The lowest BCUT2D eigenvalue weighted by Crippen LogP contribution is -2.37. The Bertz CT molecular complexity index is 1370. The number of ether oxygens (including phenoxy) is 1. The van der Waals surface area contributed by atoms with Gasteiger partial charge in [0.2, 0.25) is 15.9 Å².